The van der Waals surface area contributed by atoms with Crippen LogP contribution in [0.4, 0.5) is 0 Å². The number of nitrogens with zero attached hydrogens (tertiary/aromatic N) is 1. The quantitative estimate of drug-likeness (QED) is 0.776. The van der Waals surface area contributed by atoms with Gasteiger partial charge in [-0.2, -0.15) is 0 Å². The van der Waals surface area contributed by atoms with Gasteiger partial charge in [-0.3, -0.25) is 4.90 Å². The average molecular weight is 222 g/mol. The summed E-state index contributed by atoms with van der Waals surface area (Å²) >= 11 is 0. The van der Waals surface area contributed by atoms with Crippen LogP contribution in [0.25, 0.3) is 0 Å². The van der Waals surface area contributed by atoms with Gasteiger partial charge in [-0.1, -0.05) is 13.3 Å². The van der Waals surface area contributed by atoms with Gasteiger partial charge in [0.05, 0.1) is 0 Å². The minimum absolute atomic E-state index is 0.788. The van der Waals surface area contributed by atoms with Crippen LogP contribution in [-0.4, -0.2) is 30.1 Å². The van der Waals surface area contributed by atoms with E-state index in [0.29, 0.717) is 0 Å². The van der Waals surface area contributed by atoms with Crippen molar-refractivity contribution in [2.24, 2.45) is 23.5 Å². The number of piperidine rings is 1. The van der Waals surface area contributed by atoms with Crippen molar-refractivity contribution in [3.05, 3.63) is 0 Å². The molecule has 3 rings (SSSR count). The van der Waals surface area contributed by atoms with Gasteiger partial charge in [-0.25, -0.2) is 0 Å². The molecule has 2 saturated carbocycles. The molecule has 5 unspecified atom stereocenters. The summed E-state index contributed by atoms with van der Waals surface area (Å²) in [7, 11) is 0. The van der Waals surface area contributed by atoms with Crippen LogP contribution in [0.15, 0.2) is 0 Å². The lowest BCUT2D eigenvalue weighted by Crippen LogP contribution is -2.49. The molecule has 0 spiro atoms. The summed E-state index contributed by atoms with van der Waals surface area (Å²) in [6.45, 7) is 4.72. The van der Waals surface area contributed by atoms with E-state index < -0.39 is 0 Å². The van der Waals surface area contributed by atoms with Crippen LogP contribution in [0.1, 0.15) is 45.4 Å². The number of likely N-dealkylation sites (tertiary alicyclic amines) is 1. The van der Waals surface area contributed by atoms with Gasteiger partial charge in [-0.05, 0) is 56.4 Å². The fourth-order valence-electron chi connectivity index (χ4n) is 4.46. The predicted molar refractivity (Wildman–Crippen MR) is 67.2 cm³/mol. The van der Waals surface area contributed by atoms with Crippen LogP contribution < -0.4 is 5.73 Å². The highest BCUT2D eigenvalue weighted by atomic mass is 15.2. The molecule has 0 amide bonds. The Morgan fingerprint density at radius 1 is 1.12 bits per heavy atom. The molecule has 3 aliphatic rings. The van der Waals surface area contributed by atoms with Gasteiger partial charge >= 0.3 is 0 Å². The van der Waals surface area contributed by atoms with Gasteiger partial charge < -0.3 is 5.73 Å². The zero-order chi connectivity index (χ0) is 11.1. The minimum Gasteiger partial charge on any atom is -0.330 e. The Morgan fingerprint density at radius 2 is 2.00 bits per heavy atom. The summed E-state index contributed by atoms with van der Waals surface area (Å²) in [5.41, 5.74) is 5.98. The van der Waals surface area contributed by atoms with Crippen LogP contribution in [0, 0.1) is 17.8 Å². The predicted octanol–water partition coefficient (Wildman–Crippen LogP) is 2.23. The third kappa shape index (κ3) is 1.80. The summed E-state index contributed by atoms with van der Waals surface area (Å²) in [6.07, 6.45) is 8.63. The topological polar surface area (TPSA) is 29.3 Å². The monoisotopic (exact) mass is 222 g/mol. The summed E-state index contributed by atoms with van der Waals surface area (Å²) in [6, 6.07) is 1.75. The number of hydrogen-bond acceptors (Lipinski definition) is 2. The van der Waals surface area contributed by atoms with Crippen molar-refractivity contribution in [2.45, 2.75) is 57.5 Å². The lowest BCUT2D eigenvalue weighted by Gasteiger charge is -2.43. The van der Waals surface area contributed by atoms with Crippen LogP contribution in [0.2, 0.25) is 0 Å². The molecular formula is C14H26N2. The summed E-state index contributed by atoms with van der Waals surface area (Å²) in [5.74, 6) is 2.74. The second-order valence-electron chi connectivity index (χ2n) is 6.51. The Balaban J connectivity index is 1.71. The Labute approximate surface area is 99.6 Å². The zero-order valence-corrected chi connectivity index (χ0v) is 10.6. The van der Waals surface area contributed by atoms with Gasteiger partial charge in [0.2, 0.25) is 0 Å². The van der Waals surface area contributed by atoms with Crippen molar-refractivity contribution in [3.8, 4) is 0 Å². The Bertz CT molecular complexity index is 253. The average Bonchev–Trinajstić information content (AvgIpc) is 2.90. The van der Waals surface area contributed by atoms with Crippen molar-refractivity contribution >= 4 is 0 Å². The Kier molecular flexibility index (Phi) is 2.97. The fourth-order valence-corrected chi connectivity index (χ4v) is 4.46. The molecule has 2 heteroatoms. The molecule has 2 nitrogen and oxygen atoms in total. The highest BCUT2D eigenvalue weighted by Gasteiger charge is 2.43. The molecular weight excluding hydrogens is 196 g/mol. The molecule has 2 N–H and O–H groups in total. The van der Waals surface area contributed by atoms with E-state index >= 15 is 0 Å². The minimum atomic E-state index is 0.788. The van der Waals surface area contributed by atoms with E-state index in [-0.39, 0.29) is 0 Å². The van der Waals surface area contributed by atoms with E-state index in [2.05, 4.69) is 11.8 Å². The van der Waals surface area contributed by atoms with E-state index in [9.17, 15) is 0 Å². The van der Waals surface area contributed by atoms with E-state index in [1.807, 2.05) is 0 Å². The number of nitrogens with two attached hydrogens (primary N) is 1. The van der Waals surface area contributed by atoms with E-state index in [0.717, 1.165) is 36.4 Å². The Hall–Kier alpha value is -0.0800. The van der Waals surface area contributed by atoms with Gasteiger partial charge in [0.25, 0.3) is 0 Å². The molecule has 0 aromatic heterocycles. The van der Waals surface area contributed by atoms with E-state index in [4.69, 9.17) is 5.73 Å². The van der Waals surface area contributed by atoms with Crippen molar-refractivity contribution < 1.29 is 0 Å². The molecule has 3 fully saturated rings. The van der Waals surface area contributed by atoms with Crippen molar-refractivity contribution in [2.75, 3.05) is 13.1 Å². The maximum Gasteiger partial charge on any atom is 0.0141 e. The molecule has 0 aromatic rings. The van der Waals surface area contributed by atoms with Crippen molar-refractivity contribution in [1.29, 1.82) is 0 Å². The number of fused-ring (bicyclic) bond motifs is 2. The molecule has 16 heavy (non-hydrogen) atoms. The second kappa shape index (κ2) is 4.30. The molecule has 1 heterocycles. The first-order chi connectivity index (χ1) is 7.78. The summed E-state index contributed by atoms with van der Waals surface area (Å²) < 4.78 is 0. The normalized spacial score (nSPS) is 48.8. The second-order valence-corrected chi connectivity index (χ2v) is 6.51. The number of hydrogen-bond donors (Lipinski definition) is 1. The molecule has 92 valence electrons. The summed E-state index contributed by atoms with van der Waals surface area (Å²) in [5, 5.41) is 0. The molecule has 1 aliphatic heterocycles. The third-order valence-corrected chi connectivity index (χ3v) is 5.40. The highest BCUT2D eigenvalue weighted by Crippen LogP contribution is 2.43. The molecule has 2 bridgehead atoms. The first-order valence-electron chi connectivity index (χ1n) is 7.23. The number of rotatable bonds is 2. The van der Waals surface area contributed by atoms with Gasteiger partial charge in [0, 0.05) is 18.6 Å². The van der Waals surface area contributed by atoms with Gasteiger partial charge in [-0.15, -0.1) is 0 Å². The maximum absolute atomic E-state index is 5.98. The SMILES string of the molecule is CC1CCC(CN)C(N2CC3CCC2C3)C1. The summed E-state index contributed by atoms with van der Waals surface area (Å²) in [4.78, 5) is 2.85. The zero-order valence-electron chi connectivity index (χ0n) is 10.6. The van der Waals surface area contributed by atoms with E-state index in [1.165, 1.54) is 45.1 Å². The lowest BCUT2D eigenvalue weighted by molar-refractivity contribution is 0.0605. The van der Waals surface area contributed by atoms with Crippen LogP contribution in [0.5, 0.6) is 0 Å². The van der Waals surface area contributed by atoms with Crippen molar-refractivity contribution in [3.63, 3.8) is 0 Å². The maximum atomic E-state index is 5.98. The standard InChI is InChI=1S/C14H26N2/c1-10-2-4-12(8-15)14(6-10)16-9-11-3-5-13(16)7-11/h10-14H,2-9,15H2,1H3. The third-order valence-electron chi connectivity index (χ3n) is 5.40. The van der Waals surface area contributed by atoms with E-state index in [1.54, 1.807) is 0 Å². The van der Waals surface area contributed by atoms with Gasteiger partial charge in [0.1, 0.15) is 0 Å². The largest absolute Gasteiger partial charge is 0.330 e. The molecule has 0 aromatic carbocycles. The van der Waals surface area contributed by atoms with Crippen LogP contribution >= 0.6 is 0 Å². The molecule has 2 aliphatic carbocycles. The van der Waals surface area contributed by atoms with Gasteiger partial charge in [0.15, 0.2) is 0 Å². The lowest BCUT2D eigenvalue weighted by atomic mass is 9.78. The smallest absolute Gasteiger partial charge is 0.0141 e. The molecule has 5 atom stereocenters. The molecule has 1 saturated heterocycles. The van der Waals surface area contributed by atoms with Crippen LogP contribution in [-0.2, 0) is 0 Å². The highest BCUT2D eigenvalue weighted by molar-refractivity contribution is 4.98. The first-order valence-corrected chi connectivity index (χ1v) is 7.23. The molecule has 0 radical (unpaired) electrons. The van der Waals surface area contributed by atoms with Crippen molar-refractivity contribution in [1.82, 2.24) is 4.90 Å². The Morgan fingerprint density at radius 3 is 2.62 bits per heavy atom. The first kappa shape index (κ1) is 11.0. The van der Waals surface area contributed by atoms with Crippen LogP contribution in [0.3, 0.4) is 0 Å². The fraction of sp³-hybridized carbons (Fsp3) is 1.00.